The molecule has 2 amide bonds. The number of likely N-dealkylation sites (tertiary alicyclic amines) is 1. The van der Waals surface area contributed by atoms with Crippen molar-refractivity contribution in [3.05, 3.63) is 53.9 Å². The van der Waals surface area contributed by atoms with Crippen LogP contribution in [0.3, 0.4) is 0 Å². The number of carbonyl (C=O) groups is 2. The van der Waals surface area contributed by atoms with Crippen LogP contribution >= 0.6 is 0 Å². The quantitative estimate of drug-likeness (QED) is 0.670. The van der Waals surface area contributed by atoms with Crippen LogP contribution in [0.1, 0.15) is 54.0 Å². The zero-order valence-corrected chi connectivity index (χ0v) is 15.7. The van der Waals surface area contributed by atoms with Crippen molar-refractivity contribution < 1.29 is 18.5 Å². The van der Waals surface area contributed by atoms with E-state index in [4.69, 9.17) is 8.94 Å². The number of nitrogens with one attached hydrogen (secondary N) is 1. The number of aromatic nitrogens is 2. The molecular formula is C21H20N4O4. The number of rotatable bonds is 5. The molecule has 1 aliphatic carbocycles. The third kappa shape index (κ3) is 3.65. The van der Waals surface area contributed by atoms with Gasteiger partial charge in [-0.15, -0.1) is 0 Å². The molecule has 29 heavy (non-hydrogen) atoms. The average molecular weight is 392 g/mol. The number of hydrogen-bond donors (Lipinski definition) is 1. The maximum absolute atomic E-state index is 12.7. The molecular weight excluding hydrogens is 372 g/mol. The summed E-state index contributed by atoms with van der Waals surface area (Å²) >= 11 is 0. The molecule has 5 rings (SSSR count). The molecule has 1 aromatic carbocycles. The van der Waals surface area contributed by atoms with Crippen molar-refractivity contribution in [3.63, 3.8) is 0 Å². The van der Waals surface area contributed by atoms with Crippen molar-refractivity contribution in [2.45, 2.75) is 37.8 Å². The first-order chi connectivity index (χ1) is 14.2. The first-order valence-corrected chi connectivity index (χ1v) is 9.79. The second-order valence-corrected chi connectivity index (χ2v) is 7.41. The van der Waals surface area contributed by atoms with Crippen molar-refractivity contribution in [2.24, 2.45) is 0 Å². The molecule has 2 fully saturated rings. The van der Waals surface area contributed by atoms with Crippen LogP contribution in [0.4, 0.5) is 0 Å². The number of para-hydroxylation sites is 1. The van der Waals surface area contributed by atoms with Gasteiger partial charge in [-0.2, -0.15) is 4.98 Å². The fourth-order valence-electron chi connectivity index (χ4n) is 3.56. The summed E-state index contributed by atoms with van der Waals surface area (Å²) in [5.41, 5.74) is 0.779. The molecule has 1 unspecified atom stereocenters. The van der Waals surface area contributed by atoms with Crippen LogP contribution in [-0.2, 0) is 4.79 Å². The predicted octanol–water partition coefficient (Wildman–Crippen LogP) is 3.08. The molecule has 0 bridgehead atoms. The second kappa shape index (κ2) is 7.20. The van der Waals surface area contributed by atoms with Gasteiger partial charge in [0.25, 0.3) is 11.7 Å². The summed E-state index contributed by atoms with van der Waals surface area (Å²) in [6.45, 7) is 0.597. The molecule has 1 atom stereocenters. The summed E-state index contributed by atoms with van der Waals surface area (Å²) in [5, 5.41) is 7.60. The van der Waals surface area contributed by atoms with Crippen molar-refractivity contribution in [3.8, 4) is 0 Å². The summed E-state index contributed by atoms with van der Waals surface area (Å²) in [5.74, 6) is 0.448. The minimum atomic E-state index is -0.330. The molecule has 2 aliphatic rings. The maximum Gasteiger partial charge on any atom is 0.292 e. The highest BCUT2D eigenvalue weighted by Crippen LogP contribution is 2.31. The van der Waals surface area contributed by atoms with Gasteiger partial charge < -0.3 is 19.2 Å². The van der Waals surface area contributed by atoms with Crippen LogP contribution in [0.15, 0.2) is 45.3 Å². The first kappa shape index (κ1) is 17.7. The van der Waals surface area contributed by atoms with E-state index in [9.17, 15) is 9.59 Å². The minimum absolute atomic E-state index is 0.0176. The Morgan fingerprint density at radius 2 is 2.07 bits per heavy atom. The van der Waals surface area contributed by atoms with Gasteiger partial charge in [0, 0.05) is 24.0 Å². The lowest BCUT2D eigenvalue weighted by Gasteiger charge is -2.19. The van der Waals surface area contributed by atoms with E-state index in [0.717, 1.165) is 36.7 Å². The summed E-state index contributed by atoms with van der Waals surface area (Å²) in [4.78, 5) is 30.7. The number of carbonyl (C=O) groups excluding carboxylic acids is 2. The molecule has 1 saturated heterocycles. The number of amides is 2. The van der Waals surface area contributed by atoms with E-state index in [1.54, 1.807) is 11.0 Å². The Kier molecular flexibility index (Phi) is 4.38. The first-order valence-electron chi connectivity index (χ1n) is 9.79. The lowest BCUT2D eigenvalue weighted by atomic mass is 10.2. The largest absolute Gasteiger partial charge is 0.457 e. The topological polar surface area (TPSA) is 101 Å². The van der Waals surface area contributed by atoms with Gasteiger partial charge in [0.05, 0.1) is 0 Å². The van der Waals surface area contributed by atoms with E-state index in [-0.39, 0.29) is 29.7 Å². The minimum Gasteiger partial charge on any atom is -0.457 e. The van der Waals surface area contributed by atoms with Crippen molar-refractivity contribution in [2.75, 3.05) is 6.54 Å². The average Bonchev–Trinajstić information content (AvgIpc) is 3.17. The molecule has 0 radical (unpaired) electrons. The molecule has 3 aromatic rings. The molecule has 0 spiro atoms. The third-order valence-electron chi connectivity index (χ3n) is 5.21. The highest BCUT2D eigenvalue weighted by molar-refractivity contribution is 5.93. The van der Waals surface area contributed by atoms with E-state index in [0.29, 0.717) is 18.2 Å². The number of benzene rings is 1. The molecule has 1 saturated carbocycles. The Bertz CT molecular complexity index is 1060. The lowest BCUT2D eigenvalue weighted by Crippen LogP contribution is -2.29. The summed E-state index contributed by atoms with van der Waals surface area (Å²) < 4.78 is 11.0. The van der Waals surface area contributed by atoms with Crippen LogP contribution in [-0.4, -0.2) is 39.4 Å². The second-order valence-electron chi connectivity index (χ2n) is 7.41. The van der Waals surface area contributed by atoms with E-state index in [1.807, 2.05) is 30.3 Å². The van der Waals surface area contributed by atoms with Crippen LogP contribution in [0.5, 0.6) is 0 Å². The SMILES string of the molecule is O=C(NC1CC1)c1noc(C2CCCN2C(=O)/C=C/c2cc3ccccc3o2)n1. The van der Waals surface area contributed by atoms with Crippen LogP contribution < -0.4 is 5.32 Å². The van der Waals surface area contributed by atoms with Gasteiger partial charge >= 0.3 is 0 Å². The van der Waals surface area contributed by atoms with Crippen molar-refractivity contribution >= 4 is 28.9 Å². The van der Waals surface area contributed by atoms with Gasteiger partial charge in [-0.1, -0.05) is 23.4 Å². The van der Waals surface area contributed by atoms with E-state index in [1.165, 1.54) is 6.08 Å². The van der Waals surface area contributed by atoms with Gasteiger partial charge in [-0.3, -0.25) is 9.59 Å². The lowest BCUT2D eigenvalue weighted by molar-refractivity contribution is -0.127. The van der Waals surface area contributed by atoms with Crippen LogP contribution in [0.2, 0.25) is 0 Å². The Morgan fingerprint density at radius 3 is 2.90 bits per heavy atom. The normalized spacial score (nSPS) is 19.3. The number of furan rings is 1. The van der Waals surface area contributed by atoms with Crippen LogP contribution in [0, 0.1) is 0 Å². The molecule has 148 valence electrons. The molecule has 3 heterocycles. The van der Waals surface area contributed by atoms with E-state index >= 15 is 0 Å². The van der Waals surface area contributed by atoms with Gasteiger partial charge in [-0.05, 0) is 43.9 Å². The van der Waals surface area contributed by atoms with Crippen LogP contribution in [0.25, 0.3) is 17.0 Å². The zero-order valence-electron chi connectivity index (χ0n) is 15.7. The predicted molar refractivity (Wildman–Crippen MR) is 104 cm³/mol. The van der Waals surface area contributed by atoms with Gasteiger partial charge in [0.1, 0.15) is 17.4 Å². The van der Waals surface area contributed by atoms with Crippen molar-refractivity contribution in [1.82, 2.24) is 20.4 Å². The third-order valence-corrected chi connectivity index (χ3v) is 5.21. The summed E-state index contributed by atoms with van der Waals surface area (Å²) in [6.07, 6.45) is 6.68. The van der Waals surface area contributed by atoms with E-state index in [2.05, 4.69) is 15.5 Å². The maximum atomic E-state index is 12.7. The van der Waals surface area contributed by atoms with Crippen molar-refractivity contribution in [1.29, 1.82) is 0 Å². The molecule has 1 aliphatic heterocycles. The number of fused-ring (bicyclic) bond motifs is 1. The fraction of sp³-hybridized carbons (Fsp3) is 0.333. The Labute approximate surface area is 166 Å². The Morgan fingerprint density at radius 1 is 1.21 bits per heavy atom. The molecule has 8 nitrogen and oxygen atoms in total. The Balaban J connectivity index is 1.29. The van der Waals surface area contributed by atoms with E-state index < -0.39 is 0 Å². The number of nitrogens with zero attached hydrogens (tertiary/aromatic N) is 3. The highest BCUT2D eigenvalue weighted by Gasteiger charge is 2.34. The zero-order chi connectivity index (χ0) is 19.8. The smallest absolute Gasteiger partial charge is 0.292 e. The molecule has 8 heteroatoms. The Hall–Kier alpha value is -3.42. The van der Waals surface area contributed by atoms with Gasteiger partial charge in [-0.25, -0.2) is 0 Å². The number of hydrogen-bond acceptors (Lipinski definition) is 6. The fourth-order valence-corrected chi connectivity index (χ4v) is 3.56. The summed E-state index contributed by atoms with van der Waals surface area (Å²) in [7, 11) is 0. The standard InChI is InChI=1S/C21H20N4O4/c26-18(10-9-15-12-13-4-1-2-6-17(13)28-15)25-11-3-5-16(25)21-23-19(24-29-21)20(27)22-14-7-8-14/h1-2,4,6,9-10,12,14,16H,3,5,7-8,11H2,(H,22,27)/b10-9+. The van der Waals surface area contributed by atoms with Gasteiger partial charge in [0.2, 0.25) is 11.8 Å². The van der Waals surface area contributed by atoms with Gasteiger partial charge in [0.15, 0.2) is 0 Å². The molecule has 2 aromatic heterocycles. The summed E-state index contributed by atoms with van der Waals surface area (Å²) in [6, 6.07) is 9.48. The highest BCUT2D eigenvalue weighted by atomic mass is 16.5. The monoisotopic (exact) mass is 392 g/mol. The molecule has 1 N–H and O–H groups in total.